The predicted molar refractivity (Wildman–Crippen MR) is 85.0 cm³/mol. The van der Waals surface area contributed by atoms with Gasteiger partial charge in [-0.15, -0.1) is 11.3 Å². The molecule has 0 aromatic carbocycles. The van der Waals surface area contributed by atoms with E-state index in [9.17, 15) is 13.2 Å². The standard InChI is InChI=1S/C12H20ClN3O3S2/c1-8(2)5-9(6-14)16-11(17)7-15-21(18,19)12-4-3-10(13)20-12/h3-4,8-9,15H,5-7,14H2,1-2H3,(H,16,17). The second-order valence-electron chi connectivity index (χ2n) is 5.01. The van der Waals surface area contributed by atoms with Gasteiger partial charge < -0.3 is 11.1 Å². The van der Waals surface area contributed by atoms with Crippen molar-refractivity contribution in [3.8, 4) is 0 Å². The first-order valence-electron chi connectivity index (χ1n) is 6.49. The normalized spacial score (nSPS) is 13.4. The summed E-state index contributed by atoms with van der Waals surface area (Å²) < 4.78 is 26.5. The van der Waals surface area contributed by atoms with E-state index in [1.807, 2.05) is 13.8 Å². The molecule has 4 N–H and O–H groups in total. The zero-order valence-electron chi connectivity index (χ0n) is 11.9. The van der Waals surface area contributed by atoms with Crippen molar-refractivity contribution in [2.75, 3.05) is 13.1 Å². The molecule has 1 atom stereocenters. The Balaban J connectivity index is 2.52. The van der Waals surface area contributed by atoms with E-state index in [1.165, 1.54) is 12.1 Å². The molecule has 1 aromatic rings. The van der Waals surface area contributed by atoms with E-state index in [4.69, 9.17) is 17.3 Å². The summed E-state index contributed by atoms with van der Waals surface area (Å²) in [5, 5.41) is 2.71. The molecule has 0 radical (unpaired) electrons. The van der Waals surface area contributed by atoms with Gasteiger partial charge in [0.1, 0.15) is 4.21 Å². The van der Waals surface area contributed by atoms with Gasteiger partial charge in [-0.05, 0) is 24.5 Å². The first-order chi connectivity index (χ1) is 9.74. The average molecular weight is 354 g/mol. The Morgan fingerprint density at radius 2 is 2.10 bits per heavy atom. The first kappa shape index (κ1) is 18.4. The molecule has 9 heteroatoms. The largest absolute Gasteiger partial charge is 0.351 e. The Labute approximate surface area is 134 Å². The number of rotatable bonds is 8. The van der Waals surface area contributed by atoms with Crippen molar-refractivity contribution in [1.82, 2.24) is 10.0 Å². The lowest BCUT2D eigenvalue weighted by molar-refractivity contribution is -0.120. The molecule has 0 saturated heterocycles. The van der Waals surface area contributed by atoms with E-state index in [2.05, 4.69) is 10.0 Å². The molecule has 0 aliphatic carbocycles. The van der Waals surface area contributed by atoms with Gasteiger partial charge in [0.15, 0.2) is 0 Å². The summed E-state index contributed by atoms with van der Waals surface area (Å²) in [6, 6.07) is 2.74. The van der Waals surface area contributed by atoms with E-state index in [0.717, 1.165) is 17.8 Å². The highest BCUT2D eigenvalue weighted by Crippen LogP contribution is 2.25. The Bertz CT molecular complexity index is 572. The number of sulfonamides is 1. The van der Waals surface area contributed by atoms with Crippen LogP contribution in [0.1, 0.15) is 20.3 Å². The quantitative estimate of drug-likeness (QED) is 0.652. The molecular formula is C12H20ClN3O3S2. The topological polar surface area (TPSA) is 101 Å². The van der Waals surface area contributed by atoms with Gasteiger partial charge in [0.2, 0.25) is 5.91 Å². The van der Waals surface area contributed by atoms with Crippen LogP contribution in [0.3, 0.4) is 0 Å². The van der Waals surface area contributed by atoms with Crippen molar-refractivity contribution in [2.45, 2.75) is 30.5 Å². The molecule has 1 heterocycles. The van der Waals surface area contributed by atoms with E-state index in [-0.39, 0.29) is 16.8 Å². The SMILES string of the molecule is CC(C)CC(CN)NC(=O)CNS(=O)(=O)c1ccc(Cl)s1. The van der Waals surface area contributed by atoms with E-state index < -0.39 is 15.9 Å². The summed E-state index contributed by atoms with van der Waals surface area (Å²) in [5.74, 6) is -0.0128. The lowest BCUT2D eigenvalue weighted by Crippen LogP contribution is -2.45. The van der Waals surface area contributed by atoms with Crippen LogP contribution in [0.2, 0.25) is 4.34 Å². The van der Waals surface area contributed by atoms with Crippen molar-refractivity contribution in [2.24, 2.45) is 11.7 Å². The molecule has 1 amide bonds. The molecule has 21 heavy (non-hydrogen) atoms. The first-order valence-corrected chi connectivity index (χ1v) is 9.16. The fraction of sp³-hybridized carbons (Fsp3) is 0.583. The molecule has 0 bridgehead atoms. The van der Waals surface area contributed by atoms with Crippen molar-refractivity contribution < 1.29 is 13.2 Å². The second-order valence-corrected chi connectivity index (χ2v) is 8.72. The van der Waals surface area contributed by atoms with E-state index in [1.54, 1.807) is 0 Å². The molecule has 0 aliphatic rings. The van der Waals surface area contributed by atoms with Crippen LogP contribution in [0.4, 0.5) is 0 Å². The molecule has 1 unspecified atom stereocenters. The zero-order valence-corrected chi connectivity index (χ0v) is 14.3. The molecule has 1 aromatic heterocycles. The number of carbonyl (C=O) groups excluding carboxylic acids is 1. The molecular weight excluding hydrogens is 334 g/mol. The summed E-state index contributed by atoms with van der Waals surface area (Å²) >= 11 is 6.63. The maximum absolute atomic E-state index is 11.9. The third-order valence-corrected chi connectivity index (χ3v) is 5.77. The van der Waals surface area contributed by atoms with Crippen LogP contribution in [0, 0.1) is 5.92 Å². The third-order valence-electron chi connectivity index (χ3n) is 2.64. The highest BCUT2D eigenvalue weighted by Gasteiger charge is 2.19. The van der Waals surface area contributed by atoms with E-state index in [0.29, 0.717) is 16.8 Å². The number of hydrogen-bond donors (Lipinski definition) is 3. The Hall–Kier alpha value is -0.670. The van der Waals surface area contributed by atoms with Crippen LogP contribution in [0.5, 0.6) is 0 Å². The number of nitrogens with two attached hydrogens (primary N) is 1. The average Bonchev–Trinajstić information content (AvgIpc) is 2.82. The Kier molecular flexibility index (Phi) is 7.08. The van der Waals surface area contributed by atoms with Gasteiger partial charge in [0, 0.05) is 12.6 Å². The van der Waals surface area contributed by atoms with Crippen LogP contribution in [-0.2, 0) is 14.8 Å². The molecule has 120 valence electrons. The summed E-state index contributed by atoms with van der Waals surface area (Å²) in [6.45, 7) is 4.04. The molecule has 1 rings (SSSR count). The van der Waals surface area contributed by atoms with Gasteiger partial charge in [-0.3, -0.25) is 4.79 Å². The lowest BCUT2D eigenvalue weighted by atomic mass is 10.0. The molecule has 0 fully saturated rings. The minimum absolute atomic E-state index is 0.0813. The fourth-order valence-corrected chi connectivity index (χ4v) is 4.25. The molecule has 0 saturated carbocycles. The Morgan fingerprint density at radius 1 is 1.43 bits per heavy atom. The maximum Gasteiger partial charge on any atom is 0.250 e. The summed E-state index contributed by atoms with van der Waals surface area (Å²) in [4.78, 5) is 11.8. The van der Waals surface area contributed by atoms with Crippen LogP contribution in [0.15, 0.2) is 16.3 Å². The van der Waals surface area contributed by atoms with Crippen LogP contribution in [-0.4, -0.2) is 33.5 Å². The zero-order chi connectivity index (χ0) is 16.0. The van der Waals surface area contributed by atoms with Gasteiger partial charge in [0.05, 0.1) is 10.9 Å². The molecule has 0 spiro atoms. The van der Waals surface area contributed by atoms with Crippen LogP contribution in [0.25, 0.3) is 0 Å². The third kappa shape index (κ3) is 6.31. The smallest absolute Gasteiger partial charge is 0.250 e. The molecule has 6 nitrogen and oxygen atoms in total. The van der Waals surface area contributed by atoms with Crippen molar-refractivity contribution in [3.63, 3.8) is 0 Å². The molecule has 0 aliphatic heterocycles. The minimum Gasteiger partial charge on any atom is -0.351 e. The lowest BCUT2D eigenvalue weighted by Gasteiger charge is -2.18. The highest BCUT2D eigenvalue weighted by molar-refractivity contribution is 7.91. The second kappa shape index (κ2) is 8.09. The van der Waals surface area contributed by atoms with Gasteiger partial charge in [-0.25, -0.2) is 13.1 Å². The minimum atomic E-state index is -3.71. The van der Waals surface area contributed by atoms with Crippen molar-refractivity contribution >= 4 is 38.9 Å². The number of nitrogens with one attached hydrogen (secondary N) is 2. The van der Waals surface area contributed by atoms with Crippen molar-refractivity contribution in [1.29, 1.82) is 0 Å². The Morgan fingerprint density at radius 3 is 2.57 bits per heavy atom. The maximum atomic E-state index is 11.9. The van der Waals surface area contributed by atoms with Crippen molar-refractivity contribution in [3.05, 3.63) is 16.5 Å². The van der Waals surface area contributed by atoms with Gasteiger partial charge in [-0.1, -0.05) is 25.4 Å². The number of carbonyl (C=O) groups is 1. The van der Waals surface area contributed by atoms with E-state index >= 15 is 0 Å². The van der Waals surface area contributed by atoms with Crippen LogP contribution < -0.4 is 15.8 Å². The number of thiophene rings is 1. The number of hydrogen-bond acceptors (Lipinski definition) is 5. The summed E-state index contributed by atoms with van der Waals surface area (Å²) in [5.41, 5.74) is 5.58. The number of amides is 1. The van der Waals surface area contributed by atoms with Gasteiger partial charge in [0.25, 0.3) is 10.0 Å². The fourth-order valence-electron chi connectivity index (χ4n) is 1.74. The number of halogens is 1. The van der Waals surface area contributed by atoms with Gasteiger partial charge >= 0.3 is 0 Å². The predicted octanol–water partition coefficient (Wildman–Crippen LogP) is 1.17. The summed E-state index contributed by atoms with van der Waals surface area (Å²) in [6.07, 6.45) is 0.746. The highest BCUT2D eigenvalue weighted by atomic mass is 35.5. The van der Waals surface area contributed by atoms with Gasteiger partial charge in [-0.2, -0.15) is 0 Å². The monoisotopic (exact) mass is 353 g/mol. The van der Waals surface area contributed by atoms with Crippen LogP contribution >= 0.6 is 22.9 Å². The summed E-state index contributed by atoms with van der Waals surface area (Å²) in [7, 11) is -3.71.